The van der Waals surface area contributed by atoms with Crippen LogP contribution in [0.4, 0.5) is 0 Å². The van der Waals surface area contributed by atoms with E-state index in [0.29, 0.717) is 19.3 Å². The van der Waals surface area contributed by atoms with Crippen molar-refractivity contribution in [3.63, 3.8) is 0 Å². The van der Waals surface area contributed by atoms with Crippen LogP contribution < -0.4 is 0 Å². The van der Waals surface area contributed by atoms with E-state index in [2.05, 4.69) is 93.7 Å². The highest BCUT2D eigenvalue weighted by Crippen LogP contribution is 2.12. The van der Waals surface area contributed by atoms with Crippen molar-refractivity contribution < 1.29 is 28.6 Å². The van der Waals surface area contributed by atoms with Crippen LogP contribution >= 0.6 is 0 Å². The molecule has 0 amide bonds. The van der Waals surface area contributed by atoms with Gasteiger partial charge in [-0.3, -0.25) is 14.4 Å². The van der Waals surface area contributed by atoms with Gasteiger partial charge in [0, 0.05) is 19.3 Å². The number of rotatable bonds is 40. The molecule has 6 heteroatoms. The molecule has 0 N–H and O–H groups in total. The zero-order chi connectivity index (χ0) is 40.8. The lowest BCUT2D eigenvalue weighted by Crippen LogP contribution is -2.30. The molecule has 0 spiro atoms. The summed E-state index contributed by atoms with van der Waals surface area (Å²) in [5.74, 6) is -0.955. The summed E-state index contributed by atoms with van der Waals surface area (Å²) in [6.07, 6.45) is 54.5. The minimum absolute atomic E-state index is 0.0959. The van der Waals surface area contributed by atoms with Gasteiger partial charge in [-0.15, -0.1) is 0 Å². The smallest absolute Gasteiger partial charge is 0.306 e. The van der Waals surface area contributed by atoms with Crippen molar-refractivity contribution in [2.75, 3.05) is 13.2 Å². The topological polar surface area (TPSA) is 78.9 Å². The number of ether oxygens (including phenoxy) is 3. The van der Waals surface area contributed by atoms with Crippen molar-refractivity contribution in [1.29, 1.82) is 0 Å². The lowest BCUT2D eigenvalue weighted by Gasteiger charge is -2.18. The quantitative estimate of drug-likeness (QED) is 0.0267. The number of unbranched alkanes of at least 4 members (excludes halogenated alkanes) is 17. The Kier molecular flexibility index (Phi) is 42.1. The summed E-state index contributed by atoms with van der Waals surface area (Å²) >= 11 is 0. The third-order valence-electron chi connectivity index (χ3n) is 9.40. The van der Waals surface area contributed by atoms with Gasteiger partial charge in [0.1, 0.15) is 13.2 Å². The number of esters is 3. The summed E-state index contributed by atoms with van der Waals surface area (Å²) in [5, 5.41) is 0. The van der Waals surface area contributed by atoms with Gasteiger partial charge in [-0.2, -0.15) is 0 Å². The van der Waals surface area contributed by atoms with Crippen molar-refractivity contribution in [3.05, 3.63) is 72.9 Å². The van der Waals surface area contributed by atoms with Crippen molar-refractivity contribution >= 4 is 17.9 Å². The van der Waals surface area contributed by atoms with E-state index in [1.165, 1.54) is 44.9 Å². The lowest BCUT2D eigenvalue weighted by atomic mass is 10.1. The second-order valence-electron chi connectivity index (χ2n) is 14.9. The predicted octanol–water partition coefficient (Wildman–Crippen LogP) is 14.7. The monoisotopic (exact) mass is 781 g/mol. The fourth-order valence-corrected chi connectivity index (χ4v) is 5.96. The van der Waals surface area contributed by atoms with Gasteiger partial charge in [0.05, 0.1) is 0 Å². The first-order chi connectivity index (χ1) is 27.5. The van der Waals surface area contributed by atoms with Gasteiger partial charge in [-0.25, -0.2) is 0 Å². The third-order valence-corrected chi connectivity index (χ3v) is 9.40. The molecule has 1 atom stereocenters. The maximum absolute atomic E-state index is 12.7. The summed E-state index contributed by atoms with van der Waals surface area (Å²) in [5.41, 5.74) is 0. The highest BCUT2D eigenvalue weighted by Gasteiger charge is 2.19. The van der Waals surface area contributed by atoms with E-state index >= 15 is 0 Å². The Hall–Kier alpha value is -3.15. The maximum atomic E-state index is 12.7. The first-order valence-corrected chi connectivity index (χ1v) is 22.9. The molecule has 320 valence electrons. The molecule has 56 heavy (non-hydrogen) atoms. The Morgan fingerprint density at radius 3 is 1.20 bits per heavy atom. The molecule has 0 aromatic carbocycles. The number of hydrogen-bond donors (Lipinski definition) is 0. The molecular formula is C50H84O6. The highest BCUT2D eigenvalue weighted by atomic mass is 16.6. The first-order valence-electron chi connectivity index (χ1n) is 22.9. The third kappa shape index (κ3) is 42.0. The molecular weight excluding hydrogens is 697 g/mol. The van der Waals surface area contributed by atoms with Crippen molar-refractivity contribution in [2.45, 2.75) is 213 Å². The van der Waals surface area contributed by atoms with Crippen LogP contribution in [0.2, 0.25) is 0 Å². The Balaban J connectivity index is 4.47. The SMILES string of the molecule is CC/C=C\C/C=C\C/C=C\CCCCCC(=O)OCC(COC(=O)CCCCCCC/C=C\CCCCC)OC(=O)CCCCCCC/C=C\C/C=C\CCC. The van der Waals surface area contributed by atoms with Crippen molar-refractivity contribution in [1.82, 2.24) is 0 Å². The Bertz CT molecular complexity index is 1080. The molecule has 0 saturated heterocycles. The molecule has 0 fully saturated rings. The van der Waals surface area contributed by atoms with Gasteiger partial charge in [0.2, 0.25) is 0 Å². The molecule has 0 aliphatic rings. The van der Waals surface area contributed by atoms with E-state index in [-0.39, 0.29) is 31.1 Å². The second-order valence-corrected chi connectivity index (χ2v) is 14.9. The lowest BCUT2D eigenvalue weighted by molar-refractivity contribution is -0.167. The fourth-order valence-electron chi connectivity index (χ4n) is 5.96. The minimum atomic E-state index is -0.795. The zero-order valence-electron chi connectivity index (χ0n) is 36.4. The Morgan fingerprint density at radius 2 is 0.732 bits per heavy atom. The van der Waals surface area contributed by atoms with E-state index in [0.717, 1.165) is 122 Å². The van der Waals surface area contributed by atoms with Crippen molar-refractivity contribution in [2.24, 2.45) is 0 Å². The molecule has 0 aromatic heterocycles. The standard InChI is InChI=1S/C50H84O6/c1-4-7-10-13-16-19-22-25-28-31-34-37-40-43-49(52)55-46-47(45-54-48(51)42-39-36-33-30-27-24-21-18-15-12-9-6-3)56-50(53)44-41-38-35-32-29-26-23-20-17-14-11-8-5-2/h7,10-11,14,16,18-21,23,25,28,47H,4-6,8-9,12-13,15,17,22,24,26-27,29-46H2,1-3H3/b10-7-,14-11-,19-16-,21-18-,23-20-,28-25-. The summed E-state index contributed by atoms with van der Waals surface area (Å²) in [6, 6.07) is 0. The zero-order valence-corrected chi connectivity index (χ0v) is 36.4. The molecule has 6 nitrogen and oxygen atoms in total. The van der Waals surface area contributed by atoms with Crippen LogP contribution in [0.15, 0.2) is 72.9 Å². The van der Waals surface area contributed by atoms with E-state index in [4.69, 9.17) is 14.2 Å². The molecule has 1 unspecified atom stereocenters. The molecule has 0 saturated carbocycles. The van der Waals surface area contributed by atoms with Gasteiger partial charge in [-0.1, -0.05) is 158 Å². The average molecular weight is 781 g/mol. The van der Waals surface area contributed by atoms with Crippen LogP contribution in [0.25, 0.3) is 0 Å². The number of carbonyl (C=O) groups is 3. The molecule has 0 radical (unpaired) electrons. The first kappa shape index (κ1) is 52.9. The average Bonchev–Trinajstić information content (AvgIpc) is 3.19. The van der Waals surface area contributed by atoms with Gasteiger partial charge in [0.15, 0.2) is 6.10 Å². The van der Waals surface area contributed by atoms with Gasteiger partial charge < -0.3 is 14.2 Å². The van der Waals surface area contributed by atoms with Crippen LogP contribution in [0.3, 0.4) is 0 Å². The molecule has 0 rings (SSSR count). The van der Waals surface area contributed by atoms with Crippen LogP contribution in [0.1, 0.15) is 207 Å². The van der Waals surface area contributed by atoms with Crippen LogP contribution in [0, 0.1) is 0 Å². The maximum Gasteiger partial charge on any atom is 0.306 e. The van der Waals surface area contributed by atoms with Gasteiger partial charge in [0.25, 0.3) is 0 Å². The Morgan fingerprint density at radius 1 is 0.375 bits per heavy atom. The number of allylic oxidation sites excluding steroid dienone is 12. The van der Waals surface area contributed by atoms with Crippen LogP contribution in [-0.2, 0) is 28.6 Å². The van der Waals surface area contributed by atoms with E-state index < -0.39 is 6.10 Å². The van der Waals surface area contributed by atoms with E-state index in [1.807, 2.05) is 0 Å². The predicted molar refractivity (Wildman–Crippen MR) is 238 cm³/mol. The minimum Gasteiger partial charge on any atom is -0.462 e. The Labute approximate surface area is 344 Å². The van der Waals surface area contributed by atoms with Crippen molar-refractivity contribution in [3.8, 4) is 0 Å². The summed E-state index contributed by atoms with van der Waals surface area (Å²) in [4.78, 5) is 37.7. The normalized spacial score (nSPS) is 12.7. The number of carbonyl (C=O) groups excluding carboxylic acids is 3. The molecule has 0 aliphatic carbocycles. The largest absolute Gasteiger partial charge is 0.462 e. The molecule has 0 aliphatic heterocycles. The van der Waals surface area contributed by atoms with E-state index in [1.54, 1.807) is 0 Å². The summed E-state index contributed by atoms with van der Waals surface area (Å²) in [7, 11) is 0. The van der Waals surface area contributed by atoms with Gasteiger partial charge in [-0.05, 0) is 103 Å². The van der Waals surface area contributed by atoms with Crippen LogP contribution in [0.5, 0.6) is 0 Å². The van der Waals surface area contributed by atoms with E-state index in [9.17, 15) is 14.4 Å². The van der Waals surface area contributed by atoms with Crippen LogP contribution in [-0.4, -0.2) is 37.2 Å². The highest BCUT2D eigenvalue weighted by molar-refractivity contribution is 5.71. The fraction of sp³-hybridized carbons (Fsp3) is 0.700. The number of hydrogen-bond acceptors (Lipinski definition) is 6. The molecule has 0 aromatic rings. The molecule has 0 heterocycles. The molecule has 0 bridgehead atoms. The second kappa shape index (κ2) is 44.6. The summed E-state index contributed by atoms with van der Waals surface area (Å²) < 4.78 is 16.7. The summed E-state index contributed by atoms with van der Waals surface area (Å²) in [6.45, 7) is 6.37. The van der Waals surface area contributed by atoms with Gasteiger partial charge >= 0.3 is 17.9 Å².